The van der Waals surface area contributed by atoms with Crippen LogP contribution >= 0.6 is 0 Å². The number of carbonyl (C=O) groups excluding carboxylic acids is 3. The summed E-state index contributed by atoms with van der Waals surface area (Å²) < 4.78 is 26.3. The van der Waals surface area contributed by atoms with Crippen LogP contribution in [-0.2, 0) is 29.8 Å². The van der Waals surface area contributed by atoms with Gasteiger partial charge < -0.3 is 15.5 Å². The molecule has 0 bridgehead atoms. The van der Waals surface area contributed by atoms with Gasteiger partial charge in [-0.05, 0) is 37.3 Å². The number of rotatable bonds is 13. The van der Waals surface area contributed by atoms with Gasteiger partial charge in [-0.15, -0.1) is 0 Å². The first kappa shape index (κ1) is 35.3. The van der Waals surface area contributed by atoms with Crippen LogP contribution in [0.15, 0.2) is 42.1 Å². The van der Waals surface area contributed by atoms with Gasteiger partial charge in [0, 0.05) is 18.2 Å². The highest BCUT2D eigenvalue weighted by atomic mass is 32.2. The van der Waals surface area contributed by atoms with Crippen molar-refractivity contribution in [1.82, 2.24) is 20.3 Å². The average molecular weight is 579 g/mol. The zero-order valence-electron chi connectivity index (χ0n) is 26.1. The van der Waals surface area contributed by atoms with Gasteiger partial charge in [-0.2, -0.15) is 0 Å². The minimum Gasteiger partial charge on any atom is -0.342 e. The molecule has 1 aromatic carbocycles. The molecular formula is C30H50N4O5S. The molecule has 0 spiro atoms. The lowest BCUT2D eigenvalue weighted by molar-refractivity contribution is -0.138. The predicted octanol–water partition coefficient (Wildman–Crippen LogP) is 3.57. The third-order valence-electron chi connectivity index (χ3n) is 7.06. The molecule has 0 aliphatic heterocycles. The van der Waals surface area contributed by atoms with Crippen molar-refractivity contribution in [2.24, 2.45) is 17.3 Å². The molecule has 0 fully saturated rings. The minimum absolute atomic E-state index is 0.147. The van der Waals surface area contributed by atoms with Crippen molar-refractivity contribution in [2.45, 2.75) is 86.2 Å². The second kappa shape index (κ2) is 14.3. The maximum Gasteiger partial charge on any atom is 0.249 e. The zero-order valence-corrected chi connectivity index (χ0v) is 26.9. The molecule has 3 N–H and O–H groups in total. The van der Waals surface area contributed by atoms with Crippen molar-refractivity contribution in [3.8, 4) is 0 Å². The first-order chi connectivity index (χ1) is 18.3. The van der Waals surface area contributed by atoms with E-state index in [1.54, 1.807) is 34.0 Å². The van der Waals surface area contributed by atoms with Crippen LogP contribution in [0.5, 0.6) is 0 Å². The number of carbonyl (C=O) groups is 3. The highest BCUT2D eigenvalue weighted by Gasteiger charge is 2.41. The SMILES string of the molecule is CCCS(=O)(=O)NC(=O)C(C)/C=C(\C(C)C)N(C)C(=O)[C@@H](NC(=O)[C@@H](NC)C(C)(C)c1ccccc1)C(C)(C)C. The van der Waals surface area contributed by atoms with Gasteiger partial charge >= 0.3 is 0 Å². The van der Waals surface area contributed by atoms with E-state index in [0.29, 0.717) is 12.1 Å². The van der Waals surface area contributed by atoms with Gasteiger partial charge in [0.25, 0.3) is 0 Å². The summed E-state index contributed by atoms with van der Waals surface area (Å²) >= 11 is 0. The molecule has 0 saturated carbocycles. The third-order valence-corrected chi connectivity index (χ3v) is 8.52. The summed E-state index contributed by atoms with van der Waals surface area (Å²) in [5.74, 6) is -2.40. The molecule has 3 atom stereocenters. The quantitative estimate of drug-likeness (QED) is 0.329. The van der Waals surface area contributed by atoms with E-state index in [9.17, 15) is 22.8 Å². The smallest absolute Gasteiger partial charge is 0.249 e. The van der Waals surface area contributed by atoms with E-state index in [1.807, 2.05) is 78.8 Å². The van der Waals surface area contributed by atoms with Crippen molar-refractivity contribution in [3.63, 3.8) is 0 Å². The van der Waals surface area contributed by atoms with Crippen molar-refractivity contribution >= 4 is 27.7 Å². The summed E-state index contributed by atoms with van der Waals surface area (Å²) in [6.45, 7) is 16.7. The molecule has 1 rings (SSSR count). The molecule has 0 aliphatic rings. The lowest BCUT2D eigenvalue weighted by atomic mass is 9.76. The van der Waals surface area contributed by atoms with E-state index in [0.717, 1.165) is 5.56 Å². The van der Waals surface area contributed by atoms with Crippen molar-refractivity contribution < 1.29 is 22.8 Å². The number of benzene rings is 1. The van der Waals surface area contributed by atoms with Crippen molar-refractivity contribution in [1.29, 1.82) is 0 Å². The number of likely N-dealkylation sites (N-methyl/N-ethyl adjacent to an activating group) is 2. The number of nitrogens with one attached hydrogen (secondary N) is 3. The summed E-state index contributed by atoms with van der Waals surface area (Å²) in [6, 6.07) is 8.24. The zero-order chi connectivity index (χ0) is 31.1. The Morgan fingerprint density at radius 1 is 0.950 bits per heavy atom. The summed E-state index contributed by atoms with van der Waals surface area (Å²) in [5, 5.41) is 6.13. The second-order valence-electron chi connectivity index (χ2n) is 12.3. The summed E-state index contributed by atoms with van der Waals surface area (Å²) in [5.41, 5.74) is 0.342. The minimum atomic E-state index is -3.72. The van der Waals surface area contributed by atoms with E-state index in [2.05, 4.69) is 15.4 Å². The maximum atomic E-state index is 13.9. The summed E-state index contributed by atoms with van der Waals surface area (Å²) in [7, 11) is -0.385. The van der Waals surface area contributed by atoms with Gasteiger partial charge in [0.1, 0.15) is 6.04 Å². The van der Waals surface area contributed by atoms with Crippen LogP contribution in [-0.4, -0.2) is 63.0 Å². The number of allylic oxidation sites excluding steroid dienone is 1. The Kier molecular flexibility index (Phi) is 12.6. The van der Waals surface area contributed by atoms with E-state index >= 15 is 0 Å². The number of hydrogen-bond donors (Lipinski definition) is 3. The van der Waals surface area contributed by atoms with Crippen LogP contribution in [0.4, 0.5) is 0 Å². The first-order valence-electron chi connectivity index (χ1n) is 13.9. The Bertz CT molecular complexity index is 1150. The third kappa shape index (κ3) is 9.44. The number of hydrogen-bond acceptors (Lipinski definition) is 6. The van der Waals surface area contributed by atoms with Gasteiger partial charge in [-0.3, -0.25) is 19.1 Å². The van der Waals surface area contributed by atoms with E-state index in [4.69, 9.17) is 0 Å². The largest absolute Gasteiger partial charge is 0.342 e. The highest BCUT2D eigenvalue weighted by Crippen LogP contribution is 2.29. The lowest BCUT2D eigenvalue weighted by Crippen LogP contribution is -2.60. The Balaban J connectivity index is 3.31. The molecule has 0 heterocycles. The standard InChI is InChI=1S/C30H50N4O5S/c1-12-18-40(38,39)33-26(35)21(4)19-23(20(2)3)34(11)28(37)25(29(5,6)7)32-27(36)24(31-10)30(8,9)22-16-14-13-15-17-22/h13-17,19-21,24-25,31H,12,18H2,1-11H3,(H,32,36)(H,33,35)/b23-19+/t21?,24-,25-/m1/s1. The Hall–Kier alpha value is -2.72. The summed E-state index contributed by atoms with van der Waals surface area (Å²) in [6.07, 6.45) is 1.99. The van der Waals surface area contributed by atoms with Gasteiger partial charge in [-0.1, -0.05) is 91.8 Å². The molecule has 1 aromatic rings. The fourth-order valence-corrected chi connectivity index (χ4v) is 5.77. The van der Waals surface area contributed by atoms with E-state index in [-0.39, 0.29) is 23.5 Å². The monoisotopic (exact) mass is 578 g/mol. The van der Waals surface area contributed by atoms with Crippen molar-refractivity contribution in [2.75, 3.05) is 19.8 Å². The van der Waals surface area contributed by atoms with E-state index < -0.39 is 44.8 Å². The Morgan fingerprint density at radius 3 is 1.95 bits per heavy atom. The molecule has 0 radical (unpaired) electrons. The van der Waals surface area contributed by atoms with Crippen LogP contribution in [0.1, 0.15) is 74.3 Å². The Labute approximate surface area is 241 Å². The summed E-state index contributed by atoms with van der Waals surface area (Å²) in [4.78, 5) is 41.7. The maximum absolute atomic E-state index is 13.9. The number of sulfonamides is 1. The normalized spacial score (nSPS) is 15.2. The number of nitrogens with zero attached hydrogens (tertiary/aromatic N) is 1. The van der Waals surface area contributed by atoms with Gasteiger partial charge in [-0.25, -0.2) is 8.42 Å². The molecule has 0 saturated heterocycles. The average Bonchev–Trinajstić information content (AvgIpc) is 2.84. The molecule has 1 unspecified atom stereocenters. The fourth-order valence-electron chi connectivity index (χ4n) is 4.64. The van der Waals surface area contributed by atoms with Gasteiger partial charge in [0.2, 0.25) is 27.7 Å². The molecule has 40 heavy (non-hydrogen) atoms. The topological polar surface area (TPSA) is 125 Å². The van der Waals surface area contributed by atoms with Crippen LogP contribution < -0.4 is 15.4 Å². The first-order valence-corrected chi connectivity index (χ1v) is 15.5. The van der Waals surface area contributed by atoms with Crippen LogP contribution in [0.25, 0.3) is 0 Å². The van der Waals surface area contributed by atoms with Crippen LogP contribution in [0.3, 0.4) is 0 Å². The molecule has 0 aliphatic carbocycles. The van der Waals surface area contributed by atoms with Crippen LogP contribution in [0.2, 0.25) is 0 Å². The van der Waals surface area contributed by atoms with Gasteiger partial charge in [0.05, 0.1) is 17.7 Å². The van der Waals surface area contributed by atoms with E-state index in [1.165, 1.54) is 4.90 Å². The molecule has 226 valence electrons. The molecule has 9 nitrogen and oxygen atoms in total. The van der Waals surface area contributed by atoms with Gasteiger partial charge in [0.15, 0.2) is 0 Å². The van der Waals surface area contributed by atoms with Crippen molar-refractivity contribution in [3.05, 3.63) is 47.7 Å². The number of amides is 3. The highest BCUT2D eigenvalue weighted by molar-refractivity contribution is 7.90. The lowest BCUT2D eigenvalue weighted by Gasteiger charge is -2.39. The Morgan fingerprint density at radius 2 is 1.50 bits per heavy atom. The molecule has 0 aromatic heterocycles. The molecular weight excluding hydrogens is 528 g/mol. The molecule has 3 amide bonds. The fraction of sp³-hybridized carbons (Fsp3) is 0.633. The predicted molar refractivity (Wildman–Crippen MR) is 161 cm³/mol. The molecule has 10 heteroatoms. The second-order valence-corrected chi connectivity index (χ2v) is 14.2. The van der Waals surface area contributed by atoms with Crippen LogP contribution in [0, 0.1) is 17.3 Å².